The third-order valence-corrected chi connectivity index (χ3v) is 5.51. The molecule has 5 heteroatoms. The number of benzene rings is 2. The van der Waals surface area contributed by atoms with E-state index in [1.807, 2.05) is 12.1 Å². The average Bonchev–Trinajstić information content (AvgIpc) is 2.46. The lowest BCUT2D eigenvalue weighted by Gasteiger charge is -2.32. The van der Waals surface area contributed by atoms with Gasteiger partial charge in [-0.15, -0.1) is 0 Å². The van der Waals surface area contributed by atoms with E-state index in [4.69, 9.17) is 0 Å². The first kappa shape index (κ1) is 16.3. The lowest BCUT2D eigenvalue weighted by molar-refractivity contribution is 0.178. The molecule has 0 amide bonds. The number of piperidine rings is 1. The topological polar surface area (TPSA) is 57.6 Å². The smallest absolute Gasteiger partial charge is 0.147 e. The molecular weight excluding hydrogens is 310 g/mol. The van der Waals surface area contributed by atoms with E-state index < -0.39 is 9.84 Å². The molecule has 0 unspecified atom stereocenters. The van der Waals surface area contributed by atoms with Crippen molar-refractivity contribution in [2.45, 2.75) is 19.4 Å². The number of nitrogens with zero attached hydrogens (tertiary/aromatic N) is 1. The van der Waals surface area contributed by atoms with Gasteiger partial charge >= 0.3 is 0 Å². The number of fused-ring (bicyclic) bond motifs is 1. The van der Waals surface area contributed by atoms with Crippen LogP contribution in [0.1, 0.15) is 18.4 Å². The van der Waals surface area contributed by atoms with Crippen molar-refractivity contribution in [3.8, 4) is 5.75 Å². The molecule has 1 N–H and O–H groups in total. The number of phenols is 1. The van der Waals surface area contributed by atoms with Gasteiger partial charge in [0.15, 0.2) is 0 Å². The summed E-state index contributed by atoms with van der Waals surface area (Å²) in [5.74, 6) is 0.821. The van der Waals surface area contributed by atoms with E-state index in [1.54, 1.807) is 12.1 Å². The van der Waals surface area contributed by atoms with Gasteiger partial charge in [0.25, 0.3) is 0 Å². The molecule has 0 radical (unpaired) electrons. The zero-order valence-electron chi connectivity index (χ0n) is 13.4. The fraction of sp³-hybridized carbons (Fsp3) is 0.444. The van der Waals surface area contributed by atoms with E-state index in [0.717, 1.165) is 43.2 Å². The van der Waals surface area contributed by atoms with Crippen LogP contribution in [-0.4, -0.2) is 43.5 Å². The monoisotopic (exact) mass is 333 g/mol. The van der Waals surface area contributed by atoms with Gasteiger partial charge in [0.05, 0.1) is 5.75 Å². The molecule has 0 aliphatic carbocycles. The van der Waals surface area contributed by atoms with E-state index in [2.05, 4.69) is 17.0 Å². The second kappa shape index (κ2) is 6.49. The highest BCUT2D eigenvalue weighted by atomic mass is 32.2. The summed E-state index contributed by atoms with van der Waals surface area (Å²) < 4.78 is 23.0. The average molecular weight is 333 g/mol. The predicted octanol–water partition coefficient (Wildman–Crippen LogP) is 2.80. The summed E-state index contributed by atoms with van der Waals surface area (Å²) >= 11 is 0. The van der Waals surface area contributed by atoms with Crippen LogP contribution in [-0.2, 0) is 16.4 Å². The van der Waals surface area contributed by atoms with Gasteiger partial charge in [-0.3, -0.25) is 4.90 Å². The predicted molar refractivity (Wildman–Crippen MR) is 93.3 cm³/mol. The molecule has 1 saturated heterocycles. The second-order valence-corrected chi connectivity index (χ2v) is 8.89. The number of sulfone groups is 1. The van der Waals surface area contributed by atoms with E-state index in [-0.39, 0.29) is 11.7 Å². The summed E-state index contributed by atoms with van der Waals surface area (Å²) in [6.45, 7) is 2.71. The van der Waals surface area contributed by atoms with Crippen molar-refractivity contribution in [2.24, 2.45) is 5.92 Å². The van der Waals surface area contributed by atoms with Crippen molar-refractivity contribution in [1.29, 1.82) is 0 Å². The van der Waals surface area contributed by atoms with Gasteiger partial charge in [-0.2, -0.15) is 0 Å². The van der Waals surface area contributed by atoms with Crippen molar-refractivity contribution in [3.63, 3.8) is 0 Å². The standard InChI is InChI=1S/C18H23NO3S/c1-23(21,22)13-15-3-2-8-19(12-15)11-14-4-5-17-10-18(20)7-6-16(17)9-14/h4-7,9-10,15,20H,2-3,8,11-13H2,1H3/t15-/m1/s1. The van der Waals surface area contributed by atoms with Crippen molar-refractivity contribution in [1.82, 2.24) is 4.90 Å². The van der Waals surface area contributed by atoms with Crippen LogP contribution in [0.5, 0.6) is 5.75 Å². The summed E-state index contributed by atoms with van der Waals surface area (Å²) in [7, 11) is -2.90. The summed E-state index contributed by atoms with van der Waals surface area (Å²) in [4.78, 5) is 2.35. The lowest BCUT2D eigenvalue weighted by Crippen LogP contribution is -2.37. The van der Waals surface area contributed by atoms with E-state index >= 15 is 0 Å². The molecule has 2 aromatic carbocycles. The van der Waals surface area contributed by atoms with Crippen LogP contribution in [0.4, 0.5) is 0 Å². The van der Waals surface area contributed by atoms with E-state index in [9.17, 15) is 13.5 Å². The minimum atomic E-state index is -2.90. The molecule has 1 atom stereocenters. The van der Waals surface area contributed by atoms with Gasteiger partial charge in [0.1, 0.15) is 15.6 Å². The molecule has 1 fully saturated rings. The Balaban J connectivity index is 1.70. The van der Waals surface area contributed by atoms with Crippen molar-refractivity contribution < 1.29 is 13.5 Å². The first-order valence-electron chi connectivity index (χ1n) is 8.01. The number of hydrogen-bond donors (Lipinski definition) is 1. The Kier molecular flexibility index (Phi) is 4.60. The first-order valence-corrected chi connectivity index (χ1v) is 10.1. The molecule has 0 saturated carbocycles. The minimum absolute atomic E-state index is 0.246. The Morgan fingerprint density at radius 2 is 1.91 bits per heavy atom. The molecular formula is C18H23NO3S. The van der Waals surface area contributed by atoms with Crippen LogP contribution in [0.15, 0.2) is 36.4 Å². The maximum absolute atomic E-state index is 11.5. The molecule has 1 aliphatic rings. The fourth-order valence-corrected chi connectivity index (χ4v) is 4.63. The highest BCUT2D eigenvalue weighted by Crippen LogP contribution is 2.24. The lowest BCUT2D eigenvalue weighted by atomic mass is 9.99. The van der Waals surface area contributed by atoms with Gasteiger partial charge in [-0.05, 0) is 59.8 Å². The number of rotatable bonds is 4. The Hall–Kier alpha value is -1.59. The molecule has 3 rings (SSSR count). The first-order chi connectivity index (χ1) is 10.9. The summed E-state index contributed by atoms with van der Waals surface area (Å²) in [5, 5.41) is 11.7. The summed E-state index contributed by atoms with van der Waals surface area (Å²) in [6, 6.07) is 11.7. The molecule has 4 nitrogen and oxygen atoms in total. The van der Waals surface area contributed by atoms with Crippen LogP contribution in [0.25, 0.3) is 10.8 Å². The molecule has 23 heavy (non-hydrogen) atoms. The molecule has 0 spiro atoms. The molecule has 1 aliphatic heterocycles. The van der Waals surface area contributed by atoms with Crippen LogP contribution in [0, 0.1) is 5.92 Å². The number of hydrogen-bond acceptors (Lipinski definition) is 4. The Morgan fingerprint density at radius 3 is 2.70 bits per heavy atom. The highest BCUT2D eigenvalue weighted by molar-refractivity contribution is 7.90. The maximum atomic E-state index is 11.5. The van der Waals surface area contributed by atoms with Gasteiger partial charge in [0.2, 0.25) is 0 Å². The molecule has 1 heterocycles. The second-order valence-electron chi connectivity index (χ2n) is 6.70. The van der Waals surface area contributed by atoms with Crippen molar-refractivity contribution in [3.05, 3.63) is 42.0 Å². The van der Waals surface area contributed by atoms with Gasteiger partial charge < -0.3 is 5.11 Å². The SMILES string of the molecule is CS(=O)(=O)C[C@@H]1CCCN(Cc2ccc3cc(O)ccc3c2)C1. The van der Waals surface area contributed by atoms with Gasteiger partial charge in [0, 0.05) is 19.3 Å². The number of aromatic hydroxyl groups is 1. The molecule has 0 bridgehead atoms. The Morgan fingerprint density at radius 1 is 1.17 bits per heavy atom. The number of phenolic OH excluding ortho intramolecular Hbond substituents is 1. The van der Waals surface area contributed by atoms with Crippen molar-refractivity contribution in [2.75, 3.05) is 25.1 Å². The third-order valence-electron chi connectivity index (χ3n) is 4.44. The quantitative estimate of drug-likeness (QED) is 0.935. The Bertz CT molecular complexity index is 801. The van der Waals surface area contributed by atoms with Crippen molar-refractivity contribution >= 4 is 20.6 Å². The summed E-state index contributed by atoms with van der Waals surface area (Å²) in [6.07, 6.45) is 3.38. The normalized spacial score (nSPS) is 20.0. The zero-order chi connectivity index (χ0) is 16.4. The molecule has 0 aromatic heterocycles. The third kappa shape index (κ3) is 4.45. The number of likely N-dealkylation sites (tertiary alicyclic amines) is 1. The van der Waals surface area contributed by atoms with Crippen LogP contribution >= 0.6 is 0 Å². The van der Waals surface area contributed by atoms with Gasteiger partial charge in [-0.25, -0.2) is 8.42 Å². The maximum Gasteiger partial charge on any atom is 0.147 e. The molecule has 2 aromatic rings. The van der Waals surface area contributed by atoms with Gasteiger partial charge in [-0.1, -0.05) is 18.2 Å². The highest BCUT2D eigenvalue weighted by Gasteiger charge is 2.23. The Labute approximate surface area is 137 Å². The zero-order valence-corrected chi connectivity index (χ0v) is 14.2. The van der Waals surface area contributed by atoms with Crippen LogP contribution in [0.3, 0.4) is 0 Å². The fourth-order valence-electron chi connectivity index (χ4n) is 3.50. The van der Waals surface area contributed by atoms with E-state index in [0.29, 0.717) is 5.75 Å². The minimum Gasteiger partial charge on any atom is -0.508 e. The van der Waals surface area contributed by atoms with Crippen LogP contribution in [0.2, 0.25) is 0 Å². The molecule has 124 valence electrons. The summed E-state index contributed by atoms with van der Waals surface area (Å²) in [5.41, 5.74) is 1.23. The largest absolute Gasteiger partial charge is 0.508 e. The van der Waals surface area contributed by atoms with Crippen LogP contribution < -0.4 is 0 Å². The van der Waals surface area contributed by atoms with E-state index in [1.165, 1.54) is 11.8 Å².